The van der Waals surface area contributed by atoms with Crippen molar-refractivity contribution in [1.29, 1.82) is 0 Å². The van der Waals surface area contributed by atoms with Crippen LogP contribution >= 0.6 is 11.3 Å². The minimum atomic E-state index is -0.543. The summed E-state index contributed by atoms with van der Waals surface area (Å²) in [6.45, 7) is 1.55. The van der Waals surface area contributed by atoms with Crippen molar-refractivity contribution in [2.75, 3.05) is 11.9 Å². The Morgan fingerprint density at radius 2 is 1.96 bits per heavy atom. The first-order valence-electron chi connectivity index (χ1n) is 8.90. The van der Waals surface area contributed by atoms with Crippen molar-refractivity contribution < 1.29 is 19.1 Å². The SMILES string of the molecule is C[C@@H](CC(=O)OCC(=O)Nc1sc2c(c1C(N)=O)CCC2)c1ccccc1. The number of amides is 2. The number of anilines is 1. The molecule has 3 N–H and O–H groups in total. The number of hydrogen-bond acceptors (Lipinski definition) is 5. The van der Waals surface area contributed by atoms with Crippen LogP contribution in [0.1, 0.15) is 52.0 Å². The van der Waals surface area contributed by atoms with Crippen LogP contribution in [-0.2, 0) is 27.2 Å². The molecule has 0 radical (unpaired) electrons. The van der Waals surface area contributed by atoms with Gasteiger partial charge in [-0.25, -0.2) is 0 Å². The molecule has 1 heterocycles. The summed E-state index contributed by atoms with van der Waals surface area (Å²) >= 11 is 1.37. The highest BCUT2D eigenvalue weighted by atomic mass is 32.1. The Kier molecular flexibility index (Phi) is 5.91. The lowest BCUT2D eigenvalue weighted by atomic mass is 9.98. The highest BCUT2D eigenvalue weighted by Gasteiger charge is 2.26. The van der Waals surface area contributed by atoms with Gasteiger partial charge in [-0.2, -0.15) is 0 Å². The molecule has 1 aliphatic rings. The van der Waals surface area contributed by atoms with Crippen LogP contribution in [0.15, 0.2) is 30.3 Å². The Bertz CT molecular complexity index is 860. The molecule has 142 valence electrons. The summed E-state index contributed by atoms with van der Waals surface area (Å²) in [6.07, 6.45) is 2.87. The van der Waals surface area contributed by atoms with Crippen LogP contribution in [0.4, 0.5) is 5.00 Å². The number of benzene rings is 1. The molecule has 1 aromatic carbocycles. The van der Waals surface area contributed by atoms with E-state index in [9.17, 15) is 14.4 Å². The number of carbonyl (C=O) groups is 3. The van der Waals surface area contributed by atoms with Crippen molar-refractivity contribution in [2.24, 2.45) is 5.73 Å². The summed E-state index contributed by atoms with van der Waals surface area (Å²) in [5.74, 6) is -1.45. The van der Waals surface area contributed by atoms with Crippen molar-refractivity contribution in [3.05, 3.63) is 51.9 Å². The van der Waals surface area contributed by atoms with Crippen LogP contribution in [0.3, 0.4) is 0 Å². The maximum atomic E-state index is 12.1. The molecule has 0 aliphatic heterocycles. The average Bonchev–Trinajstić information content (AvgIpc) is 3.21. The van der Waals surface area contributed by atoms with Gasteiger partial charge in [0.25, 0.3) is 11.8 Å². The maximum absolute atomic E-state index is 12.1. The molecule has 2 amide bonds. The van der Waals surface area contributed by atoms with Gasteiger partial charge in [0, 0.05) is 4.88 Å². The smallest absolute Gasteiger partial charge is 0.306 e. The molecule has 1 aliphatic carbocycles. The molecule has 1 atom stereocenters. The van der Waals surface area contributed by atoms with Gasteiger partial charge in [-0.15, -0.1) is 11.3 Å². The van der Waals surface area contributed by atoms with E-state index in [0.717, 1.165) is 35.3 Å². The largest absolute Gasteiger partial charge is 0.456 e. The minimum Gasteiger partial charge on any atom is -0.456 e. The molecular weight excluding hydrogens is 364 g/mol. The zero-order valence-electron chi connectivity index (χ0n) is 15.1. The molecule has 1 aromatic heterocycles. The molecule has 6 nitrogen and oxygen atoms in total. The Balaban J connectivity index is 1.53. The third kappa shape index (κ3) is 4.54. The third-order valence-electron chi connectivity index (χ3n) is 4.63. The summed E-state index contributed by atoms with van der Waals surface area (Å²) in [4.78, 5) is 37.0. The van der Waals surface area contributed by atoms with Crippen molar-refractivity contribution in [2.45, 2.75) is 38.5 Å². The van der Waals surface area contributed by atoms with Crippen molar-refractivity contribution in [1.82, 2.24) is 0 Å². The van der Waals surface area contributed by atoms with E-state index in [1.165, 1.54) is 11.3 Å². The zero-order valence-corrected chi connectivity index (χ0v) is 15.9. The Hall–Kier alpha value is -2.67. The average molecular weight is 386 g/mol. The number of fused-ring (bicyclic) bond motifs is 1. The molecule has 0 bridgehead atoms. The molecular formula is C20H22N2O4S. The van der Waals surface area contributed by atoms with Gasteiger partial charge in [0.05, 0.1) is 12.0 Å². The molecule has 2 aromatic rings. The summed E-state index contributed by atoms with van der Waals surface area (Å²) in [6, 6.07) is 9.65. The van der Waals surface area contributed by atoms with Gasteiger partial charge in [-0.05, 0) is 36.3 Å². The molecule has 0 unspecified atom stereocenters. The van der Waals surface area contributed by atoms with E-state index in [4.69, 9.17) is 10.5 Å². The molecule has 0 saturated carbocycles. The highest BCUT2D eigenvalue weighted by molar-refractivity contribution is 7.17. The van der Waals surface area contributed by atoms with Crippen LogP contribution in [0.2, 0.25) is 0 Å². The van der Waals surface area contributed by atoms with Crippen LogP contribution in [-0.4, -0.2) is 24.4 Å². The Morgan fingerprint density at radius 3 is 2.67 bits per heavy atom. The van der Waals surface area contributed by atoms with Crippen LogP contribution in [0.5, 0.6) is 0 Å². The molecule has 27 heavy (non-hydrogen) atoms. The van der Waals surface area contributed by atoms with E-state index < -0.39 is 17.8 Å². The summed E-state index contributed by atoms with van der Waals surface area (Å²) in [5.41, 5.74) is 7.85. The topological polar surface area (TPSA) is 98.5 Å². The fourth-order valence-corrected chi connectivity index (χ4v) is 4.58. The number of hydrogen-bond donors (Lipinski definition) is 2. The predicted octanol–water partition coefficient (Wildman–Crippen LogP) is 3.01. The number of thiophene rings is 1. The Morgan fingerprint density at radius 1 is 1.22 bits per heavy atom. The van der Waals surface area contributed by atoms with Crippen LogP contribution in [0.25, 0.3) is 0 Å². The van der Waals surface area contributed by atoms with Gasteiger partial charge in [0.2, 0.25) is 0 Å². The van der Waals surface area contributed by atoms with Crippen LogP contribution in [0, 0.1) is 0 Å². The molecule has 0 fully saturated rings. The standard InChI is InChI=1S/C20H22N2O4S/c1-12(13-6-3-2-4-7-13)10-17(24)26-11-16(23)22-20-18(19(21)25)14-8-5-9-15(14)27-20/h2-4,6-7,12H,5,8-11H2,1H3,(H2,21,25)(H,22,23)/t12-/m0/s1. The lowest BCUT2D eigenvalue weighted by Gasteiger charge is -2.11. The van der Waals surface area contributed by atoms with E-state index in [-0.39, 0.29) is 18.9 Å². The first-order valence-corrected chi connectivity index (χ1v) is 9.72. The number of primary amides is 1. The van der Waals surface area contributed by atoms with Gasteiger partial charge in [-0.3, -0.25) is 14.4 Å². The van der Waals surface area contributed by atoms with E-state index in [1.54, 1.807) is 0 Å². The van der Waals surface area contributed by atoms with Crippen molar-refractivity contribution >= 4 is 34.1 Å². The number of ether oxygens (including phenoxy) is 1. The third-order valence-corrected chi connectivity index (χ3v) is 5.83. The lowest BCUT2D eigenvalue weighted by Crippen LogP contribution is -2.23. The van der Waals surface area contributed by atoms with Crippen molar-refractivity contribution in [3.8, 4) is 0 Å². The number of carbonyl (C=O) groups excluding carboxylic acids is 3. The summed E-state index contributed by atoms with van der Waals surface area (Å²) < 4.78 is 5.08. The summed E-state index contributed by atoms with van der Waals surface area (Å²) in [7, 11) is 0. The normalized spacial score (nSPS) is 13.7. The second kappa shape index (κ2) is 8.35. The highest BCUT2D eigenvalue weighted by Crippen LogP contribution is 2.38. The number of nitrogens with two attached hydrogens (primary N) is 1. The zero-order chi connectivity index (χ0) is 19.4. The van der Waals surface area contributed by atoms with Gasteiger partial charge >= 0.3 is 5.97 Å². The van der Waals surface area contributed by atoms with Gasteiger partial charge in [0.15, 0.2) is 6.61 Å². The number of aryl methyl sites for hydroxylation is 1. The molecule has 0 saturated heterocycles. The van der Waals surface area contributed by atoms with E-state index in [0.29, 0.717) is 10.6 Å². The number of nitrogens with one attached hydrogen (secondary N) is 1. The van der Waals surface area contributed by atoms with E-state index in [2.05, 4.69) is 5.32 Å². The first kappa shape index (κ1) is 19.1. The van der Waals surface area contributed by atoms with Crippen LogP contribution < -0.4 is 11.1 Å². The quantitative estimate of drug-likeness (QED) is 0.715. The minimum absolute atomic E-state index is 0.00324. The fourth-order valence-electron chi connectivity index (χ4n) is 3.27. The number of esters is 1. The van der Waals surface area contributed by atoms with Crippen molar-refractivity contribution in [3.63, 3.8) is 0 Å². The fraction of sp³-hybridized carbons (Fsp3) is 0.350. The first-order chi connectivity index (χ1) is 13.0. The maximum Gasteiger partial charge on any atom is 0.306 e. The molecule has 7 heteroatoms. The molecule has 3 rings (SSSR count). The van der Waals surface area contributed by atoms with E-state index in [1.807, 2.05) is 37.3 Å². The van der Waals surface area contributed by atoms with Gasteiger partial charge in [0.1, 0.15) is 5.00 Å². The monoisotopic (exact) mass is 386 g/mol. The number of rotatable bonds is 7. The second-order valence-electron chi connectivity index (χ2n) is 6.65. The Labute approximate surface area is 161 Å². The lowest BCUT2D eigenvalue weighted by molar-refractivity contribution is -0.147. The van der Waals surface area contributed by atoms with Gasteiger partial charge < -0.3 is 15.8 Å². The predicted molar refractivity (Wildman–Crippen MR) is 104 cm³/mol. The van der Waals surface area contributed by atoms with Gasteiger partial charge in [-0.1, -0.05) is 37.3 Å². The molecule has 0 spiro atoms. The second-order valence-corrected chi connectivity index (χ2v) is 7.76. The summed E-state index contributed by atoms with van der Waals surface area (Å²) in [5, 5.41) is 3.11. The van der Waals surface area contributed by atoms with E-state index >= 15 is 0 Å².